The van der Waals surface area contributed by atoms with E-state index < -0.39 is 0 Å². The lowest BCUT2D eigenvalue weighted by molar-refractivity contribution is -0.135. The van der Waals surface area contributed by atoms with Gasteiger partial charge in [0, 0.05) is 26.2 Å². The van der Waals surface area contributed by atoms with Crippen molar-refractivity contribution in [2.75, 3.05) is 13.1 Å². The number of para-hydroxylation sites is 2. The molecule has 6 heteroatoms. The van der Waals surface area contributed by atoms with Gasteiger partial charge in [0.15, 0.2) is 0 Å². The van der Waals surface area contributed by atoms with Crippen molar-refractivity contribution >= 4 is 16.9 Å². The second-order valence-electron chi connectivity index (χ2n) is 6.52. The average Bonchev–Trinajstić information content (AvgIpc) is 2.80. The van der Waals surface area contributed by atoms with E-state index in [0.717, 1.165) is 30.4 Å². The molecule has 0 radical (unpaired) electrons. The molecule has 2 unspecified atom stereocenters. The molecule has 0 bridgehead atoms. The SMILES string of the molecule is CC1CCN(C(=O)Cn2c(=O)n(C)c3ccccc32)C(CN)C1. The number of carbonyl (C=O) groups excluding carboxylic acids is 1. The van der Waals surface area contributed by atoms with Crippen LogP contribution in [0.25, 0.3) is 11.0 Å². The molecule has 2 N–H and O–H groups in total. The summed E-state index contributed by atoms with van der Waals surface area (Å²) in [6.45, 7) is 3.46. The highest BCUT2D eigenvalue weighted by molar-refractivity contribution is 5.81. The molecule has 124 valence electrons. The molecule has 2 atom stereocenters. The summed E-state index contributed by atoms with van der Waals surface area (Å²) in [5, 5.41) is 0. The Morgan fingerprint density at radius 2 is 2.00 bits per heavy atom. The smallest absolute Gasteiger partial charge is 0.329 e. The van der Waals surface area contributed by atoms with Gasteiger partial charge < -0.3 is 10.6 Å². The van der Waals surface area contributed by atoms with E-state index in [4.69, 9.17) is 5.73 Å². The lowest BCUT2D eigenvalue weighted by Crippen LogP contribution is -2.50. The number of benzene rings is 1. The standard InChI is InChI=1S/C17H24N4O2/c1-12-7-8-20(13(9-12)10-18)16(22)11-21-15-6-4-3-5-14(15)19(2)17(21)23/h3-6,12-13H,7-11,18H2,1-2H3. The van der Waals surface area contributed by atoms with Gasteiger partial charge in [-0.2, -0.15) is 0 Å². The van der Waals surface area contributed by atoms with E-state index in [1.54, 1.807) is 16.2 Å². The van der Waals surface area contributed by atoms with Gasteiger partial charge in [0.05, 0.1) is 11.0 Å². The van der Waals surface area contributed by atoms with E-state index in [1.165, 1.54) is 0 Å². The predicted molar refractivity (Wildman–Crippen MR) is 90.1 cm³/mol. The van der Waals surface area contributed by atoms with Crippen molar-refractivity contribution < 1.29 is 4.79 Å². The summed E-state index contributed by atoms with van der Waals surface area (Å²) in [6.07, 6.45) is 1.93. The first kappa shape index (κ1) is 15.8. The maximum atomic E-state index is 12.8. The van der Waals surface area contributed by atoms with Crippen LogP contribution in [0.2, 0.25) is 0 Å². The number of nitrogens with two attached hydrogens (primary N) is 1. The van der Waals surface area contributed by atoms with E-state index in [0.29, 0.717) is 12.5 Å². The van der Waals surface area contributed by atoms with Crippen LogP contribution in [0.4, 0.5) is 0 Å². The van der Waals surface area contributed by atoms with Crippen LogP contribution >= 0.6 is 0 Å². The lowest BCUT2D eigenvalue weighted by atomic mass is 9.92. The summed E-state index contributed by atoms with van der Waals surface area (Å²) in [7, 11) is 1.73. The fourth-order valence-corrected chi connectivity index (χ4v) is 3.55. The highest BCUT2D eigenvalue weighted by Crippen LogP contribution is 2.22. The Labute approximate surface area is 135 Å². The second-order valence-corrected chi connectivity index (χ2v) is 6.52. The highest BCUT2D eigenvalue weighted by atomic mass is 16.2. The van der Waals surface area contributed by atoms with Crippen molar-refractivity contribution in [3.63, 3.8) is 0 Å². The monoisotopic (exact) mass is 316 g/mol. The lowest BCUT2D eigenvalue weighted by Gasteiger charge is -2.38. The number of hydrogen-bond donors (Lipinski definition) is 1. The van der Waals surface area contributed by atoms with E-state index in [2.05, 4.69) is 6.92 Å². The Morgan fingerprint density at radius 1 is 1.30 bits per heavy atom. The third kappa shape index (κ3) is 2.79. The van der Waals surface area contributed by atoms with Crippen LogP contribution in [0, 0.1) is 5.92 Å². The summed E-state index contributed by atoms with van der Waals surface area (Å²) in [6, 6.07) is 7.63. The Balaban J connectivity index is 1.89. The minimum Gasteiger partial charge on any atom is -0.337 e. The molecule has 3 rings (SSSR count). The van der Waals surface area contributed by atoms with Crippen molar-refractivity contribution in [2.45, 2.75) is 32.4 Å². The van der Waals surface area contributed by atoms with Gasteiger partial charge in [-0.1, -0.05) is 19.1 Å². The van der Waals surface area contributed by atoms with Gasteiger partial charge in [0.25, 0.3) is 0 Å². The zero-order valence-corrected chi connectivity index (χ0v) is 13.7. The summed E-state index contributed by atoms with van der Waals surface area (Å²) in [4.78, 5) is 27.0. The van der Waals surface area contributed by atoms with Crippen LogP contribution in [0.1, 0.15) is 19.8 Å². The molecule has 23 heavy (non-hydrogen) atoms. The number of aromatic nitrogens is 2. The molecule has 1 fully saturated rings. The molecule has 0 aliphatic carbocycles. The molecule has 1 aliphatic rings. The van der Waals surface area contributed by atoms with Gasteiger partial charge in [0.1, 0.15) is 6.54 Å². The molecule has 1 amide bonds. The largest absolute Gasteiger partial charge is 0.337 e. The minimum atomic E-state index is -0.158. The zero-order valence-electron chi connectivity index (χ0n) is 13.7. The van der Waals surface area contributed by atoms with Gasteiger partial charge in [-0.15, -0.1) is 0 Å². The van der Waals surface area contributed by atoms with E-state index in [1.807, 2.05) is 29.2 Å². The number of aryl methyl sites for hydroxylation is 1. The average molecular weight is 316 g/mol. The quantitative estimate of drug-likeness (QED) is 0.915. The highest BCUT2D eigenvalue weighted by Gasteiger charge is 2.29. The Bertz CT molecular complexity index is 776. The first-order valence-electron chi connectivity index (χ1n) is 8.16. The van der Waals surface area contributed by atoms with Gasteiger partial charge >= 0.3 is 5.69 Å². The summed E-state index contributed by atoms with van der Waals surface area (Å²) in [5.74, 6) is 0.568. The van der Waals surface area contributed by atoms with Gasteiger partial charge in [-0.05, 0) is 30.9 Å². The number of nitrogens with zero attached hydrogens (tertiary/aromatic N) is 3. The van der Waals surface area contributed by atoms with E-state index in [-0.39, 0.29) is 24.2 Å². The van der Waals surface area contributed by atoms with Crippen LogP contribution in [-0.2, 0) is 18.4 Å². The van der Waals surface area contributed by atoms with E-state index >= 15 is 0 Å². The Morgan fingerprint density at radius 3 is 2.70 bits per heavy atom. The first-order valence-corrected chi connectivity index (χ1v) is 8.16. The number of hydrogen-bond acceptors (Lipinski definition) is 3. The number of amides is 1. The predicted octanol–water partition coefficient (Wildman–Crippen LogP) is 0.926. The molecule has 1 aromatic carbocycles. The third-order valence-electron chi connectivity index (χ3n) is 4.92. The number of likely N-dealkylation sites (tertiary alicyclic amines) is 1. The Hall–Kier alpha value is -2.08. The fraction of sp³-hybridized carbons (Fsp3) is 0.529. The third-order valence-corrected chi connectivity index (χ3v) is 4.92. The summed E-state index contributed by atoms with van der Waals surface area (Å²) in [5.41, 5.74) is 7.32. The van der Waals surface area contributed by atoms with Crippen molar-refractivity contribution in [3.8, 4) is 0 Å². The van der Waals surface area contributed by atoms with Crippen molar-refractivity contribution in [3.05, 3.63) is 34.7 Å². The second kappa shape index (κ2) is 6.20. The molecule has 2 heterocycles. The van der Waals surface area contributed by atoms with Crippen LogP contribution in [0.5, 0.6) is 0 Å². The summed E-state index contributed by atoms with van der Waals surface area (Å²) < 4.78 is 3.14. The molecule has 1 saturated heterocycles. The van der Waals surface area contributed by atoms with Crippen LogP contribution in [-0.4, -0.2) is 39.1 Å². The number of rotatable bonds is 3. The molecule has 6 nitrogen and oxygen atoms in total. The summed E-state index contributed by atoms with van der Waals surface area (Å²) >= 11 is 0. The van der Waals surface area contributed by atoms with E-state index in [9.17, 15) is 9.59 Å². The van der Waals surface area contributed by atoms with Crippen molar-refractivity contribution in [1.82, 2.24) is 14.0 Å². The maximum absolute atomic E-state index is 12.8. The topological polar surface area (TPSA) is 73.3 Å². The van der Waals surface area contributed by atoms with Gasteiger partial charge in [0.2, 0.25) is 5.91 Å². The molecule has 1 aromatic heterocycles. The number of fused-ring (bicyclic) bond motifs is 1. The molecule has 0 spiro atoms. The van der Waals surface area contributed by atoms with Crippen molar-refractivity contribution in [2.24, 2.45) is 18.7 Å². The van der Waals surface area contributed by atoms with Crippen LogP contribution in [0.15, 0.2) is 29.1 Å². The fourth-order valence-electron chi connectivity index (χ4n) is 3.55. The molecule has 0 saturated carbocycles. The zero-order chi connectivity index (χ0) is 16.6. The first-order chi connectivity index (χ1) is 11.0. The molecular weight excluding hydrogens is 292 g/mol. The van der Waals surface area contributed by atoms with Crippen LogP contribution < -0.4 is 11.4 Å². The molecule has 2 aromatic rings. The normalized spacial score (nSPS) is 21.8. The Kier molecular flexibility index (Phi) is 4.26. The van der Waals surface area contributed by atoms with Gasteiger partial charge in [-0.3, -0.25) is 13.9 Å². The van der Waals surface area contributed by atoms with Crippen molar-refractivity contribution in [1.29, 1.82) is 0 Å². The molecular formula is C17H24N4O2. The number of imidazole rings is 1. The van der Waals surface area contributed by atoms with Crippen LogP contribution in [0.3, 0.4) is 0 Å². The minimum absolute atomic E-state index is 0.0224. The number of carbonyl (C=O) groups is 1. The maximum Gasteiger partial charge on any atom is 0.329 e. The number of piperidine rings is 1. The van der Waals surface area contributed by atoms with Gasteiger partial charge in [-0.25, -0.2) is 4.79 Å². The molecule has 1 aliphatic heterocycles.